The number of hydrogen-bond donors (Lipinski definition) is 1. The van der Waals surface area contributed by atoms with E-state index in [4.69, 9.17) is 0 Å². The SMILES string of the molecule is CC(NC(=O)c1ccc(-c2ccccc2F)s1)C(=O)N1CCS(=O)(=O)CC1. The van der Waals surface area contributed by atoms with Gasteiger partial charge >= 0.3 is 0 Å². The fourth-order valence-electron chi connectivity index (χ4n) is 2.80. The Bertz CT molecular complexity index is 957. The number of amides is 2. The Labute approximate surface area is 160 Å². The van der Waals surface area contributed by atoms with Crippen molar-refractivity contribution in [1.29, 1.82) is 0 Å². The molecule has 2 heterocycles. The normalized spacial score (nSPS) is 17.3. The molecule has 1 aliphatic heterocycles. The Kier molecular flexibility index (Phi) is 5.61. The number of sulfone groups is 1. The molecule has 1 saturated heterocycles. The molecular weight excluding hydrogens is 391 g/mol. The van der Waals surface area contributed by atoms with Gasteiger partial charge in [0.05, 0.1) is 16.4 Å². The molecule has 0 bridgehead atoms. The third-order valence-electron chi connectivity index (χ3n) is 4.34. The molecule has 144 valence electrons. The number of hydrogen-bond acceptors (Lipinski definition) is 5. The van der Waals surface area contributed by atoms with E-state index < -0.39 is 21.8 Å². The molecule has 1 aromatic carbocycles. The molecule has 1 aromatic heterocycles. The van der Waals surface area contributed by atoms with Crippen molar-refractivity contribution < 1.29 is 22.4 Å². The van der Waals surface area contributed by atoms with Gasteiger partial charge < -0.3 is 10.2 Å². The van der Waals surface area contributed by atoms with E-state index in [2.05, 4.69) is 5.32 Å². The minimum atomic E-state index is -3.08. The third-order valence-corrected chi connectivity index (χ3v) is 7.07. The van der Waals surface area contributed by atoms with E-state index in [-0.39, 0.29) is 36.3 Å². The van der Waals surface area contributed by atoms with Crippen LogP contribution in [0.4, 0.5) is 4.39 Å². The topological polar surface area (TPSA) is 83.6 Å². The van der Waals surface area contributed by atoms with Crippen molar-refractivity contribution in [3.8, 4) is 10.4 Å². The van der Waals surface area contributed by atoms with Crippen molar-refractivity contribution in [2.45, 2.75) is 13.0 Å². The van der Waals surface area contributed by atoms with Crippen LogP contribution in [0.25, 0.3) is 10.4 Å². The molecule has 1 aliphatic rings. The lowest BCUT2D eigenvalue weighted by atomic mass is 10.2. The fourth-order valence-corrected chi connectivity index (χ4v) is 4.94. The van der Waals surface area contributed by atoms with Crippen molar-refractivity contribution in [2.24, 2.45) is 0 Å². The van der Waals surface area contributed by atoms with Gasteiger partial charge in [-0.25, -0.2) is 12.8 Å². The molecule has 1 fully saturated rings. The maximum atomic E-state index is 13.9. The van der Waals surface area contributed by atoms with Crippen LogP contribution in [0.1, 0.15) is 16.6 Å². The highest BCUT2D eigenvalue weighted by Crippen LogP contribution is 2.30. The Hall–Kier alpha value is -2.26. The van der Waals surface area contributed by atoms with Crippen LogP contribution in [0, 0.1) is 5.82 Å². The van der Waals surface area contributed by atoms with Crippen molar-refractivity contribution in [3.63, 3.8) is 0 Å². The van der Waals surface area contributed by atoms with Gasteiger partial charge in [-0.1, -0.05) is 18.2 Å². The quantitative estimate of drug-likeness (QED) is 0.835. The molecule has 2 amide bonds. The van der Waals surface area contributed by atoms with Crippen LogP contribution in [0.15, 0.2) is 36.4 Å². The van der Waals surface area contributed by atoms with Crippen LogP contribution in [0.2, 0.25) is 0 Å². The van der Waals surface area contributed by atoms with E-state index in [1.54, 1.807) is 37.3 Å². The molecule has 1 atom stereocenters. The lowest BCUT2D eigenvalue weighted by Gasteiger charge is -2.29. The lowest BCUT2D eigenvalue weighted by Crippen LogP contribution is -2.51. The van der Waals surface area contributed by atoms with Gasteiger partial charge in [-0.15, -0.1) is 11.3 Å². The van der Waals surface area contributed by atoms with E-state index in [1.165, 1.54) is 11.0 Å². The summed E-state index contributed by atoms with van der Waals surface area (Å²) in [5, 5.41) is 2.63. The van der Waals surface area contributed by atoms with Crippen molar-refractivity contribution in [2.75, 3.05) is 24.6 Å². The largest absolute Gasteiger partial charge is 0.340 e. The van der Waals surface area contributed by atoms with E-state index in [1.807, 2.05) is 0 Å². The van der Waals surface area contributed by atoms with Gasteiger partial charge in [0.1, 0.15) is 11.9 Å². The minimum Gasteiger partial charge on any atom is -0.340 e. The predicted molar refractivity (Wildman–Crippen MR) is 102 cm³/mol. The first-order valence-electron chi connectivity index (χ1n) is 8.41. The van der Waals surface area contributed by atoms with E-state index >= 15 is 0 Å². The average molecular weight is 410 g/mol. The first-order chi connectivity index (χ1) is 12.8. The van der Waals surface area contributed by atoms with Gasteiger partial charge in [0.2, 0.25) is 5.91 Å². The molecule has 27 heavy (non-hydrogen) atoms. The second-order valence-corrected chi connectivity index (χ2v) is 9.70. The zero-order valence-electron chi connectivity index (χ0n) is 14.6. The minimum absolute atomic E-state index is 0.0592. The third kappa shape index (κ3) is 4.54. The van der Waals surface area contributed by atoms with Gasteiger partial charge in [-0.3, -0.25) is 9.59 Å². The molecule has 0 spiro atoms. The highest BCUT2D eigenvalue weighted by molar-refractivity contribution is 7.91. The summed E-state index contributed by atoms with van der Waals surface area (Å²) < 4.78 is 36.8. The number of carbonyl (C=O) groups excluding carboxylic acids is 2. The monoisotopic (exact) mass is 410 g/mol. The summed E-state index contributed by atoms with van der Waals surface area (Å²) in [7, 11) is -3.08. The zero-order valence-corrected chi connectivity index (χ0v) is 16.3. The molecule has 9 heteroatoms. The predicted octanol–water partition coefficient (Wildman–Crippen LogP) is 1.93. The van der Waals surface area contributed by atoms with Gasteiger partial charge in [0.15, 0.2) is 9.84 Å². The summed E-state index contributed by atoms with van der Waals surface area (Å²) in [5.74, 6) is -1.22. The summed E-state index contributed by atoms with van der Waals surface area (Å²) in [4.78, 5) is 27.3. The number of benzene rings is 1. The van der Waals surface area contributed by atoms with Crippen molar-refractivity contribution in [3.05, 3.63) is 47.1 Å². The average Bonchev–Trinajstić information content (AvgIpc) is 3.11. The second kappa shape index (κ2) is 7.77. The first-order valence-corrected chi connectivity index (χ1v) is 11.1. The van der Waals surface area contributed by atoms with E-state index in [0.29, 0.717) is 15.3 Å². The Morgan fingerprint density at radius 3 is 2.48 bits per heavy atom. The number of thiophene rings is 1. The summed E-state index contributed by atoms with van der Waals surface area (Å²) in [5.41, 5.74) is 0.417. The Morgan fingerprint density at radius 2 is 1.81 bits per heavy atom. The summed E-state index contributed by atoms with van der Waals surface area (Å²) in [6.45, 7) is 1.84. The summed E-state index contributed by atoms with van der Waals surface area (Å²) >= 11 is 1.14. The molecule has 6 nitrogen and oxygen atoms in total. The van der Waals surface area contributed by atoms with Gasteiger partial charge in [-0.2, -0.15) is 0 Å². The molecule has 0 radical (unpaired) electrons. The van der Waals surface area contributed by atoms with Crippen LogP contribution in [0.3, 0.4) is 0 Å². The maximum absolute atomic E-state index is 13.9. The van der Waals surface area contributed by atoms with Crippen LogP contribution >= 0.6 is 11.3 Å². The number of nitrogens with zero attached hydrogens (tertiary/aromatic N) is 1. The molecule has 3 rings (SSSR count). The van der Waals surface area contributed by atoms with Crippen LogP contribution in [0.5, 0.6) is 0 Å². The van der Waals surface area contributed by atoms with Crippen molar-refractivity contribution >= 4 is 33.0 Å². The Balaban J connectivity index is 1.64. The van der Waals surface area contributed by atoms with E-state index in [0.717, 1.165) is 11.3 Å². The van der Waals surface area contributed by atoms with Gasteiger partial charge in [-0.05, 0) is 25.1 Å². The Morgan fingerprint density at radius 1 is 1.15 bits per heavy atom. The summed E-state index contributed by atoms with van der Waals surface area (Å²) in [6, 6.07) is 8.79. The number of halogens is 1. The van der Waals surface area contributed by atoms with Crippen LogP contribution in [-0.4, -0.2) is 55.8 Å². The van der Waals surface area contributed by atoms with Crippen LogP contribution in [-0.2, 0) is 14.6 Å². The highest BCUT2D eigenvalue weighted by Gasteiger charge is 2.28. The number of rotatable bonds is 4. The standard InChI is InChI=1S/C18H19FN2O4S2/c1-12(18(23)21-8-10-27(24,25)11-9-21)20-17(22)16-7-6-15(26-16)13-4-2-3-5-14(13)19/h2-7,12H,8-11H2,1H3,(H,20,22). The lowest BCUT2D eigenvalue weighted by molar-refractivity contribution is -0.132. The van der Waals surface area contributed by atoms with E-state index in [9.17, 15) is 22.4 Å². The molecular formula is C18H19FN2O4S2. The molecule has 2 aromatic rings. The van der Waals surface area contributed by atoms with Gasteiger partial charge in [0, 0.05) is 23.5 Å². The smallest absolute Gasteiger partial charge is 0.262 e. The molecule has 0 saturated carbocycles. The number of carbonyl (C=O) groups is 2. The maximum Gasteiger partial charge on any atom is 0.262 e. The second-order valence-electron chi connectivity index (χ2n) is 6.32. The fraction of sp³-hybridized carbons (Fsp3) is 0.333. The molecule has 1 unspecified atom stereocenters. The van der Waals surface area contributed by atoms with Gasteiger partial charge in [0.25, 0.3) is 5.91 Å². The first kappa shape index (κ1) is 19.5. The molecule has 1 N–H and O–H groups in total. The summed E-state index contributed by atoms with van der Waals surface area (Å²) in [6.07, 6.45) is 0. The van der Waals surface area contributed by atoms with Crippen LogP contribution < -0.4 is 5.32 Å². The zero-order chi connectivity index (χ0) is 19.6. The van der Waals surface area contributed by atoms with Crippen molar-refractivity contribution in [1.82, 2.24) is 10.2 Å². The molecule has 0 aliphatic carbocycles. The number of nitrogens with one attached hydrogen (secondary N) is 1. The highest BCUT2D eigenvalue weighted by atomic mass is 32.2.